The molecule has 24 heavy (non-hydrogen) atoms. The van der Waals surface area contributed by atoms with Gasteiger partial charge in [0, 0.05) is 23.7 Å². The van der Waals surface area contributed by atoms with Gasteiger partial charge in [0.25, 0.3) is 5.91 Å². The molecular weight excluding hydrogens is 348 g/mol. The topological polar surface area (TPSA) is 66.5 Å². The fourth-order valence-corrected chi connectivity index (χ4v) is 3.48. The van der Waals surface area contributed by atoms with Gasteiger partial charge in [0.05, 0.1) is 11.9 Å². The lowest BCUT2D eigenvalue weighted by Gasteiger charge is -2.20. The van der Waals surface area contributed by atoms with Crippen LogP contribution in [0, 0.1) is 0 Å². The number of anilines is 1. The lowest BCUT2D eigenvalue weighted by molar-refractivity contribution is 0.0951. The van der Waals surface area contributed by atoms with Gasteiger partial charge in [-0.05, 0) is 42.8 Å². The summed E-state index contributed by atoms with van der Waals surface area (Å²) in [5.74, 6) is -0.246. The molecule has 0 atom stereocenters. The molecule has 0 unspecified atom stereocenters. The standard InChI is InChI=1S/C17H19ClN2O3S/c1-3-20(24(2,22)23)15-10-8-13(9-11-15)17(21)19-12-14-6-4-5-7-16(14)18/h4-11H,3,12H2,1-2H3,(H,19,21). The van der Waals surface area contributed by atoms with E-state index in [2.05, 4.69) is 5.32 Å². The molecule has 0 aromatic heterocycles. The van der Waals surface area contributed by atoms with Crippen LogP contribution in [0.5, 0.6) is 0 Å². The van der Waals surface area contributed by atoms with Gasteiger partial charge in [-0.1, -0.05) is 29.8 Å². The summed E-state index contributed by atoms with van der Waals surface area (Å²) < 4.78 is 24.7. The molecule has 2 aromatic rings. The molecule has 1 N–H and O–H groups in total. The first-order valence-electron chi connectivity index (χ1n) is 7.42. The predicted molar refractivity (Wildman–Crippen MR) is 96.9 cm³/mol. The van der Waals surface area contributed by atoms with E-state index in [-0.39, 0.29) is 5.91 Å². The van der Waals surface area contributed by atoms with E-state index in [1.807, 2.05) is 18.2 Å². The van der Waals surface area contributed by atoms with Gasteiger partial charge >= 0.3 is 0 Å². The number of carbonyl (C=O) groups is 1. The highest BCUT2D eigenvalue weighted by molar-refractivity contribution is 7.92. The number of hydrogen-bond donors (Lipinski definition) is 1. The van der Waals surface area contributed by atoms with Crippen LogP contribution in [-0.2, 0) is 16.6 Å². The number of rotatable bonds is 6. The van der Waals surface area contributed by atoms with Crippen LogP contribution in [0.2, 0.25) is 5.02 Å². The molecule has 7 heteroatoms. The third-order valence-electron chi connectivity index (χ3n) is 3.50. The second kappa shape index (κ2) is 7.68. The van der Waals surface area contributed by atoms with E-state index in [0.29, 0.717) is 29.4 Å². The van der Waals surface area contributed by atoms with Crippen molar-refractivity contribution in [2.75, 3.05) is 17.1 Å². The molecular formula is C17H19ClN2O3S. The van der Waals surface area contributed by atoms with Crippen molar-refractivity contribution in [2.45, 2.75) is 13.5 Å². The molecule has 0 aliphatic rings. The number of amides is 1. The predicted octanol–water partition coefficient (Wildman–Crippen LogP) is 3.06. The third-order valence-corrected chi connectivity index (χ3v) is 5.14. The Morgan fingerprint density at radius 2 is 1.75 bits per heavy atom. The van der Waals surface area contributed by atoms with Crippen molar-refractivity contribution in [1.29, 1.82) is 0 Å². The highest BCUT2D eigenvalue weighted by Gasteiger charge is 2.15. The zero-order valence-corrected chi connectivity index (χ0v) is 15.1. The average Bonchev–Trinajstić information content (AvgIpc) is 2.54. The maximum Gasteiger partial charge on any atom is 0.251 e. The molecule has 0 saturated carbocycles. The van der Waals surface area contributed by atoms with Gasteiger partial charge in [-0.15, -0.1) is 0 Å². The molecule has 2 aromatic carbocycles. The minimum absolute atomic E-state index is 0.246. The Bertz CT molecular complexity index is 820. The van der Waals surface area contributed by atoms with Gasteiger partial charge in [-0.3, -0.25) is 9.10 Å². The molecule has 1 amide bonds. The second-order valence-electron chi connectivity index (χ2n) is 5.25. The number of benzene rings is 2. The van der Waals surface area contributed by atoms with Crippen molar-refractivity contribution in [3.63, 3.8) is 0 Å². The Hall–Kier alpha value is -2.05. The molecule has 0 fully saturated rings. The van der Waals surface area contributed by atoms with Crippen molar-refractivity contribution in [1.82, 2.24) is 5.32 Å². The lowest BCUT2D eigenvalue weighted by Crippen LogP contribution is -2.29. The van der Waals surface area contributed by atoms with E-state index < -0.39 is 10.0 Å². The highest BCUT2D eigenvalue weighted by atomic mass is 35.5. The van der Waals surface area contributed by atoms with Crippen LogP contribution in [0.15, 0.2) is 48.5 Å². The summed E-state index contributed by atoms with van der Waals surface area (Å²) in [4.78, 5) is 12.2. The van der Waals surface area contributed by atoms with Crippen LogP contribution >= 0.6 is 11.6 Å². The number of carbonyl (C=O) groups excluding carboxylic acids is 1. The van der Waals surface area contributed by atoms with E-state index in [4.69, 9.17) is 11.6 Å². The number of halogens is 1. The van der Waals surface area contributed by atoms with Crippen LogP contribution in [0.4, 0.5) is 5.69 Å². The Labute approximate surface area is 147 Å². The molecule has 5 nitrogen and oxygen atoms in total. The van der Waals surface area contributed by atoms with Crippen molar-refractivity contribution in [3.05, 3.63) is 64.7 Å². The summed E-state index contributed by atoms with van der Waals surface area (Å²) >= 11 is 6.05. The number of nitrogens with one attached hydrogen (secondary N) is 1. The maximum atomic E-state index is 12.2. The molecule has 0 saturated heterocycles. The second-order valence-corrected chi connectivity index (χ2v) is 7.56. The molecule has 0 aliphatic heterocycles. The summed E-state index contributed by atoms with van der Waals surface area (Å²) in [6.45, 7) is 2.41. The van der Waals surface area contributed by atoms with E-state index in [0.717, 1.165) is 11.8 Å². The summed E-state index contributed by atoms with van der Waals surface area (Å²) in [5.41, 5.74) is 1.82. The van der Waals surface area contributed by atoms with Crippen LogP contribution in [0.3, 0.4) is 0 Å². The van der Waals surface area contributed by atoms with Crippen LogP contribution in [-0.4, -0.2) is 27.1 Å². The highest BCUT2D eigenvalue weighted by Crippen LogP contribution is 2.18. The molecule has 2 rings (SSSR count). The first kappa shape index (κ1) is 18.3. The Kier molecular flexibility index (Phi) is 5.85. The van der Waals surface area contributed by atoms with Gasteiger partial charge in [0.15, 0.2) is 0 Å². The van der Waals surface area contributed by atoms with Gasteiger partial charge in [-0.25, -0.2) is 8.42 Å². The van der Waals surface area contributed by atoms with Crippen LogP contribution in [0.25, 0.3) is 0 Å². The van der Waals surface area contributed by atoms with Crippen LogP contribution in [0.1, 0.15) is 22.8 Å². The van der Waals surface area contributed by atoms with Crippen molar-refractivity contribution in [2.24, 2.45) is 0 Å². The Morgan fingerprint density at radius 1 is 1.12 bits per heavy atom. The molecule has 0 spiro atoms. The molecule has 128 valence electrons. The fraction of sp³-hybridized carbons (Fsp3) is 0.235. The van der Waals surface area contributed by atoms with Gasteiger partial charge < -0.3 is 5.32 Å². The molecule has 0 aliphatic carbocycles. The maximum absolute atomic E-state index is 12.2. The molecule has 0 heterocycles. The van der Waals surface area contributed by atoms with Gasteiger partial charge in [-0.2, -0.15) is 0 Å². The quantitative estimate of drug-likeness (QED) is 0.854. The summed E-state index contributed by atoms with van der Waals surface area (Å²) in [7, 11) is -3.33. The van der Waals surface area contributed by atoms with E-state index >= 15 is 0 Å². The third kappa shape index (κ3) is 4.49. The number of hydrogen-bond acceptors (Lipinski definition) is 3. The minimum Gasteiger partial charge on any atom is -0.348 e. The number of nitrogens with zero attached hydrogens (tertiary/aromatic N) is 1. The summed E-state index contributed by atoms with van der Waals surface area (Å²) in [6.07, 6.45) is 1.15. The van der Waals surface area contributed by atoms with E-state index in [9.17, 15) is 13.2 Å². The van der Waals surface area contributed by atoms with Crippen molar-refractivity contribution < 1.29 is 13.2 Å². The fourth-order valence-electron chi connectivity index (χ4n) is 2.31. The Balaban J connectivity index is 2.07. The monoisotopic (exact) mass is 366 g/mol. The lowest BCUT2D eigenvalue weighted by atomic mass is 10.1. The zero-order chi connectivity index (χ0) is 17.7. The first-order chi connectivity index (χ1) is 11.3. The average molecular weight is 367 g/mol. The molecule has 0 bridgehead atoms. The molecule has 0 radical (unpaired) electrons. The van der Waals surface area contributed by atoms with E-state index in [1.165, 1.54) is 4.31 Å². The van der Waals surface area contributed by atoms with Crippen LogP contribution < -0.4 is 9.62 Å². The van der Waals surface area contributed by atoms with E-state index in [1.54, 1.807) is 37.3 Å². The normalized spacial score (nSPS) is 11.1. The smallest absolute Gasteiger partial charge is 0.251 e. The summed E-state index contributed by atoms with van der Waals surface area (Å²) in [6, 6.07) is 13.7. The minimum atomic E-state index is -3.33. The first-order valence-corrected chi connectivity index (χ1v) is 9.65. The van der Waals surface area contributed by atoms with Crippen molar-refractivity contribution in [3.8, 4) is 0 Å². The van der Waals surface area contributed by atoms with Crippen molar-refractivity contribution >= 4 is 33.2 Å². The largest absolute Gasteiger partial charge is 0.348 e. The SMILES string of the molecule is CCN(c1ccc(C(=O)NCc2ccccc2Cl)cc1)S(C)(=O)=O. The zero-order valence-electron chi connectivity index (χ0n) is 13.5. The number of sulfonamides is 1. The summed E-state index contributed by atoms with van der Waals surface area (Å²) in [5, 5.41) is 3.39. The Morgan fingerprint density at radius 3 is 2.29 bits per heavy atom. The van der Waals surface area contributed by atoms with Gasteiger partial charge in [0.1, 0.15) is 0 Å². The van der Waals surface area contributed by atoms with Gasteiger partial charge in [0.2, 0.25) is 10.0 Å².